The van der Waals surface area contributed by atoms with E-state index in [4.69, 9.17) is 5.73 Å². The summed E-state index contributed by atoms with van der Waals surface area (Å²) in [4.78, 5) is 13.9. The van der Waals surface area contributed by atoms with E-state index < -0.39 is 0 Å². The smallest absolute Gasteiger partial charge is 0.225 e. The van der Waals surface area contributed by atoms with Crippen LogP contribution in [-0.4, -0.2) is 19.0 Å². The number of carbonyl (C=O) groups is 1. The lowest BCUT2D eigenvalue weighted by Crippen LogP contribution is -2.32. The summed E-state index contributed by atoms with van der Waals surface area (Å²) in [5.41, 5.74) is 5.46. The van der Waals surface area contributed by atoms with Crippen molar-refractivity contribution in [3.8, 4) is 0 Å². The van der Waals surface area contributed by atoms with Gasteiger partial charge in [-0.3, -0.25) is 4.79 Å². The molecule has 92 valence electrons. The molecule has 0 aromatic carbocycles. The Morgan fingerprint density at radius 3 is 2.75 bits per heavy atom. The monoisotopic (exact) mass is 262 g/mol. The second-order valence-electron chi connectivity index (χ2n) is 3.83. The lowest BCUT2D eigenvalue weighted by molar-refractivity contribution is -0.120. The molecule has 0 saturated heterocycles. The molecule has 0 aliphatic carbocycles. The Kier molecular flexibility index (Phi) is 7.38. The van der Waals surface area contributed by atoms with Crippen LogP contribution in [0.25, 0.3) is 0 Å². The van der Waals surface area contributed by atoms with E-state index in [1.807, 2.05) is 26.0 Å². The highest BCUT2D eigenvalue weighted by Gasteiger charge is 2.06. The van der Waals surface area contributed by atoms with Crippen LogP contribution in [-0.2, 0) is 11.2 Å². The zero-order valence-corrected chi connectivity index (χ0v) is 11.3. The van der Waals surface area contributed by atoms with Gasteiger partial charge >= 0.3 is 0 Å². The number of amides is 1. The second kappa shape index (κ2) is 7.65. The van der Waals surface area contributed by atoms with E-state index >= 15 is 0 Å². The second-order valence-corrected chi connectivity index (χ2v) is 5.21. The topological polar surface area (TPSA) is 55.1 Å². The van der Waals surface area contributed by atoms with Crippen molar-refractivity contribution in [2.24, 2.45) is 11.7 Å². The average Bonchev–Trinajstić information content (AvgIpc) is 2.60. The number of nitrogens with two attached hydrogens (primary N) is 1. The van der Waals surface area contributed by atoms with Gasteiger partial charge in [-0.15, -0.1) is 23.7 Å². The number of aryl methyl sites for hydroxylation is 1. The lowest BCUT2D eigenvalue weighted by atomic mass is 10.2. The standard InChI is InChI=1S/C11H18N2OS.ClH/c1-8(6-12)7-13-11(14)5-10-4-3-9(2)15-10;/h3-4,8H,5-7,12H2,1-2H3,(H,13,14);1H. The number of carbonyl (C=O) groups excluding carboxylic acids is 1. The quantitative estimate of drug-likeness (QED) is 0.849. The molecule has 1 aromatic heterocycles. The first kappa shape index (κ1) is 15.4. The van der Waals surface area contributed by atoms with Crippen molar-refractivity contribution in [1.82, 2.24) is 5.32 Å². The summed E-state index contributed by atoms with van der Waals surface area (Å²) in [7, 11) is 0. The van der Waals surface area contributed by atoms with Crippen molar-refractivity contribution in [3.63, 3.8) is 0 Å². The molecule has 1 amide bonds. The zero-order valence-electron chi connectivity index (χ0n) is 9.66. The Bertz CT molecular complexity index is 328. The predicted molar refractivity (Wildman–Crippen MR) is 71.2 cm³/mol. The molecule has 1 rings (SSSR count). The number of nitrogens with one attached hydrogen (secondary N) is 1. The van der Waals surface area contributed by atoms with Crippen molar-refractivity contribution in [2.45, 2.75) is 20.3 Å². The molecule has 3 N–H and O–H groups in total. The van der Waals surface area contributed by atoms with E-state index in [-0.39, 0.29) is 18.3 Å². The molecule has 16 heavy (non-hydrogen) atoms. The van der Waals surface area contributed by atoms with Gasteiger partial charge in [-0.1, -0.05) is 6.92 Å². The van der Waals surface area contributed by atoms with Crippen molar-refractivity contribution in [1.29, 1.82) is 0 Å². The molecule has 1 unspecified atom stereocenters. The minimum atomic E-state index is 0. The summed E-state index contributed by atoms with van der Waals surface area (Å²) in [6.45, 7) is 5.34. The highest BCUT2D eigenvalue weighted by molar-refractivity contribution is 7.12. The molecule has 0 aliphatic heterocycles. The van der Waals surface area contributed by atoms with Crippen LogP contribution in [0.4, 0.5) is 0 Å². The number of hydrogen-bond donors (Lipinski definition) is 2. The molecular formula is C11H19ClN2OS. The van der Waals surface area contributed by atoms with E-state index in [1.54, 1.807) is 11.3 Å². The van der Waals surface area contributed by atoms with E-state index in [2.05, 4.69) is 5.32 Å². The number of rotatable bonds is 5. The number of halogens is 1. The van der Waals surface area contributed by atoms with Gasteiger partial charge in [0.25, 0.3) is 0 Å². The highest BCUT2D eigenvalue weighted by Crippen LogP contribution is 2.15. The maximum atomic E-state index is 11.5. The molecule has 0 aliphatic rings. The van der Waals surface area contributed by atoms with Crippen LogP contribution in [0.2, 0.25) is 0 Å². The number of thiophene rings is 1. The van der Waals surface area contributed by atoms with Gasteiger partial charge in [-0.05, 0) is 31.5 Å². The van der Waals surface area contributed by atoms with Crippen LogP contribution in [0.1, 0.15) is 16.7 Å². The van der Waals surface area contributed by atoms with Crippen LogP contribution in [0.15, 0.2) is 12.1 Å². The van der Waals surface area contributed by atoms with Gasteiger partial charge in [0.15, 0.2) is 0 Å². The molecule has 0 fully saturated rings. The fraction of sp³-hybridized carbons (Fsp3) is 0.545. The van der Waals surface area contributed by atoms with E-state index in [9.17, 15) is 4.79 Å². The van der Waals surface area contributed by atoms with E-state index in [1.165, 1.54) is 4.88 Å². The molecule has 0 radical (unpaired) electrons. The molecule has 1 heterocycles. The Hall–Kier alpha value is -0.580. The van der Waals surface area contributed by atoms with Crippen molar-refractivity contribution >= 4 is 29.7 Å². The summed E-state index contributed by atoms with van der Waals surface area (Å²) in [5.74, 6) is 0.427. The maximum absolute atomic E-state index is 11.5. The first-order valence-electron chi connectivity index (χ1n) is 5.14. The van der Waals surface area contributed by atoms with Crippen LogP contribution in [0, 0.1) is 12.8 Å². The first-order valence-corrected chi connectivity index (χ1v) is 5.95. The van der Waals surface area contributed by atoms with E-state index in [0.717, 1.165) is 4.88 Å². The first-order chi connectivity index (χ1) is 7.11. The predicted octanol–water partition coefficient (Wildman–Crippen LogP) is 1.73. The summed E-state index contributed by atoms with van der Waals surface area (Å²) < 4.78 is 0. The van der Waals surface area contributed by atoms with Gasteiger partial charge in [0.2, 0.25) is 5.91 Å². The summed E-state index contributed by atoms with van der Waals surface area (Å²) in [6.07, 6.45) is 0.482. The largest absolute Gasteiger partial charge is 0.355 e. The normalized spacial score (nSPS) is 11.7. The summed E-state index contributed by atoms with van der Waals surface area (Å²) in [5, 5.41) is 2.88. The van der Waals surface area contributed by atoms with Crippen LogP contribution >= 0.6 is 23.7 Å². The minimum Gasteiger partial charge on any atom is -0.355 e. The Balaban J connectivity index is 0.00000225. The Morgan fingerprint density at radius 2 is 2.25 bits per heavy atom. The van der Waals surface area contributed by atoms with Crippen molar-refractivity contribution in [2.75, 3.05) is 13.1 Å². The highest BCUT2D eigenvalue weighted by atomic mass is 35.5. The number of hydrogen-bond acceptors (Lipinski definition) is 3. The van der Waals surface area contributed by atoms with Gasteiger partial charge in [0.1, 0.15) is 0 Å². The summed E-state index contributed by atoms with van der Waals surface area (Å²) >= 11 is 1.67. The lowest BCUT2D eigenvalue weighted by Gasteiger charge is -2.09. The molecule has 0 saturated carbocycles. The summed E-state index contributed by atoms with van der Waals surface area (Å²) in [6, 6.07) is 4.04. The average molecular weight is 263 g/mol. The third-order valence-corrected chi connectivity index (χ3v) is 3.18. The zero-order chi connectivity index (χ0) is 11.3. The maximum Gasteiger partial charge on any atom is 0.225 e. The third kappa shape index (κ3) is 5.49. The van der Waals surface area contributed by atoms with E-state index in [0.29, 0.717) is 25.4 Å². The fourth-order valence-electron chi connectivity index (χ4n) is 1.17. The molecule has 5 heteroatoms. The van der Waals surface area contributed by atoms with Gasteiger partial charge in [-0.2, -0.15) is 0 Å². The van der Waals surface area contributed by atoms with Crippen LogP contribution in [0.5, 0.6) is 0 Å². The third-order valence-electron chi connectivity index (χ3n) is 2.18. The Morgan fingerprint density at radius 1 is 1.56 bits per heavy atom. The molecule has 0 bridgehead atoms. The van der Waals surface area contributed by atoms with Crippen LogP contribution in [0.3, 0.4) is 0 Å². The van der Waals surface area contributed by atoms with Gasteiger partial charge in [-0.25, -0.2) is 0 Å². The van der Waals surface area contributed by atoms with Gasteiger partial charge in [0.05, 0.1) is 6.42 Å². The molecule has 1 aromatic rings. The molecule has 3 nitrogen and oxygen atoms in total. The molecule has 1 atom stereocenters. The van der Waals surface area contributed by atoms with Crippen LogP contribution < -0.4 is 11.1 Å². The SMILES string of the molecule is Cc1ccc(CC(=O)NCC(C)CN)s1.Cl. The molecule has 0 spiro atoms. The van der Waals surface area contributed by atoms with Crippen molar-refractivity contribution < 1.29 is 4.79 Å². The van der Waals surface area contributed by atoms with Gasteiger partial charge in [0, 0.05) is 16.3 Å². The molecular weight excluding hydrogens is 244 g/mol. The fourth-order valence-corrected chi connectivity index (χ4v) is 2.06. The van der Waals surface area contributed by atoms with Crippen molar-refractivity contribution in [3.05, 3.63) is 21.9 Å². The van der Waals surface area contributed by atoms with Gasteiger partial charge < -0.3 is 11.1 Å². The Labute approximate surface area is 107 Å². The minimum absolute atomic E-state index is 0.